The van der Waals surface area contributed by atoms with E-state index in [1.54, 1.807) is 6.92 Å². The first-order valence-corrected chi connectivity index (χ1v) is 9.21. The topological polar surface area (TPSA) is 73.9 Å². The first kappa shape index (κ1) is 19.2. The van der Waals surface area contributed by atoms with Crippen LogP contribution in [0.3, 0.4) is 0 Å². The summed E-state index contributed by atoms with van der Waals surface area (Å²) in [6, 6.07) is 0.214. The third kappa shape index (κ3) is 5.74. The zero-order chi connectivity index (χ0) is 17.5. The smallest absolute Gasteiger partial charge is 0.335 e. The van der Waals surface area contributed by atoms with E-state index in [9.17, 15) is 9.59 Å². The van der Waals surface area contributed by atoms with Gasteiger partial charge in [0.2, 0.25) is 0 Å². The molecule has 0 radical (unpaired) electrons. The highest BCUT2D eigenvalue weighted by Gasteiger charge is 2.31. The van der Waals surface area contributed by atoms with E-state index in [4.69, 9.17) is 14.2 Å². The molecule has 0 aromatic rings. The highest BCUT2D eigenvalue weighted by Crippen LogP contribution is 2.19. The van der Waals surface area contributed by atoms with Gasteiger partial charge in [0, 0.05) is 12.6 Å². The second kappa shape index (κ2) is 9.37. The van der Waals surface area contributed by atoms with Crippen molar-refractivity contribution in [1.29, 1.82) is 0 Å². The minimum absolute atomic E-state index is 0.0619. The minimum atomic E-state index is -0.771. The van der Waals surface area contributed by atoms with Crippen molar-refractivity contribution >= 4 is 11.9 Å². The summed E-state index contributed by atoms with van der Waals surface area (Å²) < 4.78 is 16.5. The molecule has 0 aromatic carbocycles. The van der Waals surface area contributed by atoms with Gasteiger partial charge in [-0.15, -0.1) is 0 Å². The number of nitrogens with one attached hydrogen (secondary N) is 1. The van der Waals surface area contributed by atoms with Crippen LogP contribution >= 0.6 is 0 Å². The lowest BCUT2D eigenvalue weighted by molar-refractivity contribution is -0.170. The normalized spacial score (nSPS) is 24.1. The van der Waals surface area contributed by atoms with Gasteiger partial charge in [-0.05, 0) is 38.5 Å². The number of rotatable bonds is 8. The van der Waals surface area contributed by atoms with Gasteiger partial charge in [0.15, 0.2) is 12.2 Å². The van der Waals surface area contributed by atoms with Crippen LogP contribution in [0.15, 0.2) is 0 Å². The maximum Gasteiger partial charge on any atom is 0.335 e. The van der Waals surface area contributed by atoms with Gasteiger partial charge in [0.1, 0.15) is 0 Å². The highest BCUT2D eigenvalue weighted by molar-refractivity contribution is 5.85. The van der Waals surface area contributed by atoms with Crippen LogP contribution in [0.2, 0.25) is 0 Å². The molecule has 2 fully saturated rings. The van der Waals surface area contributed by atoms with Gasteiger partial charge in [-0.3, -0.25) is 4.79 Å². The van der Waals surface area contributed by atoms with Crippen molar-refractivity contribution in [3.63, 3.8) is 0 Å². The summed E-state index contributed by atoms with van der Waals surface area (Å²) in [5, 5.41) is 3.00. The fourth-order valence-corrected chi connectivity index (χ4v) is 3.16. The zero-order valence-electron chi connectivity index (χ0n) is 15.1. The Bertz CT molecular complexity index is 414. The third-order valence-corrected chi connectivity index (χ3v) is 4.70. The van der Waals surface area contributed by atoms with E-state index in [1.165, 1.54) is 0 Å². The minimum Gasteiger partial charge on any atom is -0.450 e. The Kier molecular flexibility index (Phi) is 7.49. The monoisotopic (exact) mass is 341 g/mol. The van der Waals surface area contributed by atoms with Gasteiger partial charge in [-0.1, -0.05) is 26.7 Å². The number of carbonyl (C=O) groups excluding carboxylic acids is 2. The van der Waals surface area contributed by atoms with E-state index in [1.807, 2.05) is 13.8 Å². The van der Waals surface area contributed by atoms with E-state index in [2.05, 4.69) is 5.32 Å². The first-order valence-electron chi connectivity index (χ1n) is 9.21. The Morgan fingerprint density at radius 3 is 2.42 bits per heavy atom. The summed E-state index contributed by atoms with van der Waals surface area (Å²) in [7, 11) is 0. The Morgan fingerprint density at radius 1 is 1.12 bits per heavy atom. The molecular formula is C18H31NO5. The molecule has 1 N–H and O–H groups in total. The molecule has 0 spiro atoms. The van der Waals surface area contributed by atoms with Crippen LogP contribution in [0.5, 0.6) is 0 Å². The van der Waals surface area contributed by atoms with Gasteiger partial charge < -0.3 is 19.5 Å². The molecule has 6 nitrogen and oxygen atoms in total. The van der Waals surface area contributed by atoms with Gasteiger partial charge in [0.25, 0.3) is 5.91 Å². The molecule has 0 bridgehead atoms. The molecule has 3 unspecified atom stereocenters. The maximum atomic E-state index is 12.4. The molecule has 1 aliphatic heterocycles. The molecule has 6 heteroatoms. The molecule has 1 amide bonds. The molecule has 1 saturated carbocycles. The summed E-state index contributed by atoms with van der Waals surface area (Å²) >= 11 is 0. The van der Waals surface area contributed by atoms with Crippen LogP contribution in [0.25, 0.3) is 0 Å². The average molecular weight is 341 g/mol. The lowest BCUT2D eigenvalue weighted by atomic mass is 10.1. The molecule has 138 valence electrons. The average Bonchev–Trinajstić information content (AvgIpc) is 3.22. The molecule has 2 aliphatic rings. The van der Waals surface area contributed by atoms with Gasteiger partial charge >= 0.3 is 5.97 Å². The van der Waals surface area contributed by atoms with E-state index in [0.29, 0.717) is 6.61 Å². The van der Waals surface area contributed by atoms with Crippen molar-refractivity contribution in [1.82, 2.24) is 5.32 Å². The number of hydrogen-bond donors (Lipinski definition) is 1. The van der Waals surface area contributed by atoms with Crippen LogP contribution in [-0.2, 0) is 23.8 Å². The Balaban J connectivity index is 1.79. The Hall–Kier alpha value is -1.14. The van der Waals surface area contributed by atoms with Crippen LogP contribution in [0.1, 0.15) is 59.3 Å². The second-order valence-corrected chi connectivity index (χ2v) is 7.20. The highest BCUT2D eigenvalue weighted by atomic mass is 16.6. The number of hydrogen-bond acceptors (Lipinski definition) is 5. The largest absolute Gasteiger partial charge is 0.450 e. The van der Waals surface area contributed by atoms with Crippen LogP contribution < -0.4 is 5.32 Å². The number of amides is 1. The molecule has 24 heavy (non-hydrogen) atoms. The lowest BCUT2D eigenvalue weighted by Gasteiger charge is -2.24. The standard InChI is InChI=1S/C18H31NO5/c1-12(2)16(17(20)19-14-7-4-5-8-14)24-18(21)13(3)23-11-15-9-6-10-22-15/h12-16H,4-11H2,1-3H3,(H,19,20). The summed E-state index contributed by atoms with van der Waals surface area (Å²) in [5.74, 6) is -0.773. The van der Waals surface area contributed by atoms with E-state index < -0.39 is 18.2 Å². The molecule has 1 aliphatic carbocycles. The van der Waals surface area contributed by atoms with Gasteiger partial charge in [0.05, 0.1) is 12.7 Å². The molecule has 1 saturated heterocycles. The van der Waals surface area contributed by atoms with Crippen LogP contribution in [0.4, 0.5) is 0 Å². The SMILES string of the molecule is CC(OCC1CCCO1)C(=O)OC(C(=O)NC1CCCC1)C(C)C. The summed E-state index contributed by atoms with van der Waals surface area (Å²) in [4.78, 5) is 24.7. The van der Waals surface area contributed by atoms with E-state index in [-0.39, 0.29) is 24.0 Å². The first-order chi connectivity index (χ1) is 11.5. The molecule has 3 atom stereocenters. The fraction of sp³-hybridized carbons (Fsp3) is 0.889. The van der Waals surface area contributed by atoms with Crippen molar-refractivity contribution in [2.45, 2.75) is 83.6 Å². The second-order valence-electron chi connectivity index (χ2n) is 7.20. The zero-order valence-corrected chi connectivity index (χ0v) is 15.1. The Morgan fingerprint density at radius 2 is 1.83 bits per heavy atom. The molecule has 2 rings (SSSR count). The van der Waals surface area contributed by atoms with Gasteiger partial charge in [-0.2, -0.15) is 0 Å². The van der Waals surface area contributed by atoms with Crippen molar-refractivity contribution in [2.24, 2.45) is 5.92 Å². The van der Waals surface area contributed by atoms with E-state index in [0.717, 1.165) is 45.1 Å². The van der Waals surface area contributed by atoms with E-state index >= 15 is 0 Å². The molecule has 1 heterocycles. The summed E-state index contributed by atoms with van der Waals surface area (Å²) in [6.07, 6.45) is 4.88. The predicted octanol–water partition coefficient (Wildman–Crippen LogP) is 2.20. The van der Waals surface area contributed by atoms with Crippen molar-refractivity contribution in [3.05, 3.63) is 0 Å². The quantitative estimate of drug-likeness (QED) is 0.685. The Labute approximate surface area is 144 Å². The number of ether oxygens (including phenoxy) is 3. The van der Waals surface area contributed by atoms with Crippen LogP contribution in [0, 0.1) is 5.92 Å². The summed E-state index contributed by atoms with van der Waals surface area (Å²) in [5.41, 5.74) is 0. The van der Waals surface area contributed by atoms with Crippen LogP contribution in [-0.4, -0.2) is 49.4 Å². The number of esters is 1. The maximum absolute atomic E-state index is 12.4. The predicted molar refractivity (Wildman–Crippen MR) is 89.5 cm³/mol. The van der Waals surface area contributed by atoms with Crippen molar-refractivity contribution in [3.8, 4) is 0 Å². The fourth-order valence-electron chi connectivity index (χ4n) is 3.16. The number of carbonyl (C=O) groups is 2. The third-order valence-electron chi connectivity index (χ3n) is 4.70. The molecule has 0 aromatic heterocycles. The lowest BCUT2D eigenvalue weighted by Crippen LogP contribution is -2.46. The van der Waals surface area contributed by atoms with Gasteiger partial charge in [-0.25, -0.2) is 4.79 Å². The summed E-state index contributed by atoms with van der Waals surface area (Å²) in [6.45, 7) is 6.55. The van der Waals surface area contributed by atoms with Crippen molar-refractivity contribution in [2.75, 3.05) is 13.2 Å². The molecular weight excluding hydrogens is 310 g/mol. The van der Waals surface area contributed by atoms with Crippen molar-refractivity contribution < 1.29 is 23.8 Å².